The lowest BCUT2D eigenvalue weighted by Crippen LogP contribution is -2.20. The van der Waals surface area contributed by atoms with Crippen molar-refractivity contribution in [3.05, 3.63) is 65.7 Å². The van der Waals surface area contributed by atoms with E-state index in [-0.39, 0.29) is 17.6 Å². The molecule has 4 rings (SSSR count). The molecule has 1 fully saturated rings. The minimum absolute atomic E-state index is 0.00805. The van der Waals surface area contributed by atoms with E-state index in [4.69, 9.17) is 0 Å². The Labute approximate surface area is 176 Å². The summed E-state index contributed by atoms with van der Waals surface area (Å²) in [5, 5.41) is 37.2. The van der Waals surface area contributed by atoms with Crippen LogP contribution in [-0.4, -0.2) is 34.5 Å². The van der Waals surface area contributed by atoms with Crippen LogP contribution in [0.1, 0.15) is 17.5 Å². The molecule has 5 N–H and O–H groups in total. The molecule has 1 saturated heterocycles. The molecule has 0 bridgehead atoms. The molecule has 0 saturated carbocycles. The molecule has 3 aromatic carbocycles. The van der Waals surface area contributed by atoms with Crippen LogP contribution in [0.25, 0.3) is 0 Å². The largest absolute Gasteiger partial charge is 0.505 e. The number of aliphatic hydroxyl groups is 1. The third-order valence-electron chi connectivity index (χ3n) is 5.51. The van der Waals surface area contributed by atoms with Crippen LogP contribution in [0.15, 0.2) is 54.6 Å². The molecule has 0 aromatic heterocycles. The van der Waals surface area contributed by atoms with Gasteiger partial charge in [-0.2, -0.15) is 0 Å². The van der Waals surface area contributed by atoms with E-state index in [1.165, 1.54) is 0 Å². The van der Waals surface area contributed by atoms with E-state index in [1.54, 1.807) is 13.0 Å². The number of rotatable bonds is 5. The summed E-state index contributed by atoms with van der Waals surface area (Å²) in [6.07, 6.45) is 0.524. The Balaban J connectivity index is 1.56. The molecule has 6 nitrogen and oxygen atoms in total. The Morgan fingerprint density at radius 3 is 1.87 bits per heavy atom. The predicted molar refractivity (Wildman–Crippen MR) is 122 cm³/mol. The zero-order valence-electron chi connectivity index (χ0n) is 17.2. The van der Waals surface area contributed by atoms with Crippen LogP contribution in [0.4, 0.5) is 28.4 Å². The van der Waals surface area contributed by atoms with Gasteiger partial charge in [-0.1, -0.05) is 17.7 Å². The van der Waals surface area contributed by atoms with Gasteiger partial charge >= 0.3 is 0 Å². The molecule has 1 atom stereocenters. The first-order valence-corrected chi connectivity index (χ1v) is 10.1. The van der Waals surface area contributed by atoms with Crippen molar-refractivity contribution in [2.45, 2.75) is 26.4 Å². The quantitative estimate of drug-likeness (QED) is 0.310. The van der Waals surface area contributed by atoms with Gasteiger partial charge in [0.1, 0.15) is 11.5 Å². The summed E-state index contributed by atoms with van der Waals surface area (Å²) in [6.45, 7) is 5.20. The normalized spacial score (nSPS) is 16.0. The molecule has 1 unspecified atom stereocenters. The lowest BCUT2D eigenvalue weighted by molar-refractivity contribution is 0.198. The first-order valence-electron chi connectivity index (χ1n) is 10.1. The molecule has 0 amide bonds. The van der Waals surface area contributed by atoms with Crippen LogP contribution in [0.3, 0.4) is 0 Å². The zero-order valence-corrected chi connectivity index (χ0v) is 17.2. The van der Waals surface area contributed by atoms with Crippen molar-refractivity contribution in [1.82, 2.24) is 0 Å². The lowest BCUT2D eigenvalue weighted by Gasteiger charge is -2.19. The van der Waals surface area contributed by atoms with Crippen molar-refractivity contribution >= 4 is 28.4 Å². The van der Waals surface area contributed by atoms with Gasteiger partial charge in [-0.15, -0.1) is 0 Å². The summed E-state index contributed by atoms with van der Waals surface area (Å²) in [6, 6.07) is 17.4. The van der Waals surface area contributed by atoms with Gasteiger partial charge in [-0.25, -0.2) is 0 Å². The molecular formula is C24H27N3O3. The molecule has 0 spiro atoms. The summed E-state index contributed by atoms with van der Waals surface area (Å²) in [5.41, 5.74) is 5.30. The number of aromatic hydroxyl groups is 2. The average molecular weight is 405 g/mol. The van der Waals surface area contributed by atoms with E-state index < -0.39 is 0 Å². The van der Waals surface area contributed by atoms with Crippen LogP contribution in [0, 0.1) is 13.8 Å². The van der Waals surface area contributed by atoms with Crippen LogP contribution < -0.4 is 15.5 Å². The van der Waals surface area contributed by atoms with Gasteiger partial charge in [0.2, 0.25) is 0 Å². The smallest absolute Gasteiger partial charge is 0.145 e. The molecule has 30 heavy (non-hydrogen) atoms. The number of hydrogen-bond acceptors (Lipinski definition) is 6. The maximum atomic E-state index is 10.5. The highest BCUT2D eigenvalue weighted by molar-refractivity contribution is 5.80. The minimum Gasteiger partial charge on any atom is -0.505 e. The van der Waals surface area contributed by atoms with Crippen LogP contribution in [0.5, 0.6) is 11.5 Å². The summed E-state index contributed by atoms with van der Waals surface area (Å²) < 4.78 is 0. The molecule has 0 aliphatic carbocycles. The standard InChI is InChI=1S/C24H27N3O3/c1-15-3-5-17(6-4-15)25-21-13-22(24(30)16(2)23(21)29)26-18-7-9-19(10-8-18)27-12-11-20(28)14-27/h3-10,13,20,25-26,28-30H,11-12,14H2,1-2H3. The maximum absolute atomic E-state index is 10.5. The Bertz CT molecular complexity index is 1030. The highest BCUT2D eigenvalue weighted by Crippen LogP contribution is 2.42. The zero-order chi connectivity index (χ0) is 21.3. The third-order valence-corrected chi connectivity index (χ3v) is 5.51. The number of phenolic OH excluding ortho intramolecular Hbond substituents is 2. The van der Waals surface area contributed by atoms with Crippen molar-refractivity contribution < 1.29 is 15.3 Å². The Morgan fingerprint density at radius 1 is 0.833 bits per heavy atom. The van der Waals surface area contributed by atoms with Crippen molar-refractivity contribution in [2.24, 2.45) is 0 Å². The number of nitrogens with one attached hydrogen (secondary N) is 2. The van der Waals surface area contributed by atoms with E-state index in [1.807, 2.05) is 55.5 Å². The highest BCUT2D eigenvalue weighted by atomic mass is 16.3. The maximum Gasteiger partial charge on any atom is 0.145 e. The number of hydrogen-bond donors (Lipinski definition) is 5. The molecule has 1 aliphatic rings. The van der Waals surface area contributed by atoms with Gasteiger partial charge in [-0.3, -0.25) is 0 Å². The molecule has 3 aromatic rings. The topological polar surface area (TPSA) is 88.0 Å². The molecule has 0 radical (unpaired) electrons. The van der Waals surface area contributed by atoms with Gasteiger partial charge in [0, 0.05) is 35.7 Å². The second kappa shape index (κ2) is 8.16. The van der Waals surface area contributed by atoms with Gasteiger partial charge < -0.3 is 30.9 Å². The first-order chi connectivity index (χ1) is 14.4. The van der Waals surface area contributed by atoms with E-state index >= 15 is 0 Å². The van der Waals surface area contributed by atoms with Crippen molar-refractivity contribution in [1.29, 1.82) is 0 Å². The number of benzene rings is 3. The van der Waals surface area contributed by atoms with Crippen LogP contribution >= 0.6 is 0 Å². The lowest BCUT2D eigenvalue weighted by atomic mass is 10.1. The van der Waals surface area contributed by atoms with E-state index in [0.29, 0.717) is 23.5 Å². The summed E-state index contributed by atoms with van der Waals surface area (Å²) in [7, 11) is 0. The fourth-order valence-corrected chi connectivity index (χ4v) is 3.67. The molecule has 1 heterocycles. The van der Waals surface area contributed by atoms with E-state index in [0.717, 1.165) is 35.6 Å². The summed E-state index contributed by atoms with van der Waals surface area (Å²) in [5.74, 6) is 0.0234. The van der Waals surface area contributed by atoms with Crippen molar-refractivity contribution in [3.63, 3.8) is 0 Å². The van der Waals surface area contributed by atoms with E-state index in [2.05, 4.69) is 15.5 Å². The third kappa shape index (κ3) is 4.14. The van der Waals surface area contributed by atoms with Gasteiger partial charge in [0.25, 0.3) is 0 Å². The number of aliphatic hydroxyl groups excluding tert-OH is 1. The van der Waals surface area contributed by atoms with Crippen LogP contribution in [-0.2, 0) is 0 Å². The molecular weight excluding hydrogens is 378 g/mol. The second-order valence-corrected chi connectivity index (χ2v) is 7.85. The Hall–Kier alpha value is -3.38. The van der Waals surface area contributed by atoms with Crippen LogP contribution in [0.2, 0.25) is 0 Å². The fourth-order valence-electron chi connectivity index (χ4n) is 3.67. The van der Waals surface area contributed by atoms with E-state index in [9.17, 15) is 15.3 Å². The van der Waals surface area contributed by atoms with Gasteiger partial charge in [0.05, 0.1) is 17.5 Å². The molecule has 6 heteroatoms. The summed E-state index contributed by atoms with van der Waals surface area (Å²) in [4.78, 5) is 2.15. The highest BCUT2D eigenvalue weighted by Gasteiger charge is 2.20. The minimum atomic E-state index is -0.265. The number of phenols is 2. The first kappa shape index (κ1) is 19.9. The number of β-amino-alcohol motifs (C(OH)–C–C–N with tert-alkyl or cyclic N) is 1. The van der Waals surface area contributed by atoms with Crippen molar-refractivity contribution in [2.75, 3.05) is 28.6 Å². The number of anilines is 5. The van der Waals surface area contributed by atoms with Gasteiger partial charge in [0.15, 0.2) is 0 Å². The second-order valence-electron chi connectivity index (χ2n) is 7.85. The van der Waals surface area contributed by atoms with Crippen molar-refractivity contribution in [3.8, 4) is 11.5 Å². The monoisotopic (exact) mass is 405 g/mol. The fraction of sp³-hybridized carbons (Fsp3) is 0.250. The SMILES string of the molecule is Cc1ccc(Nc2cc(Nc3ccc(N4CCC(O)C4)cc3)c(O)c(C)c2O)cc1. The Morgan fingerprint density at radius 2 is 1.37 bits per heavy atom. The summed E-state index contributed by atoms with van der Waals surface area (Å²) >= 11 is 0. The predicted octanol–water partition coefficient (Wildman–Crippen LogP) is 4.77. The average Bonchev–Trinajstić information content (AvgIpc) is 3.18. The molecule has 156 valence electrons. The Kier molecular flexibility index (Phi) is 5.42. The number of aryl methyl sites for hydroxylation is 1. The number of nitrogens with zero attached hydrogens (tertiary/aromatic N) is 1. The van der Waals surface area contributed by atoms with Gasteiger partial charge in [-0.05, 0) is 62.7 Å². The molecule has 1 aliphatic heterocycles.